The molecule has 1 N–H and O–H groups in total. The average Bonchev–Trinajstić information content (AvgIpc) is 3.15. The SMILES string of the molecule is CC1=C(CCCCCN2CCN(C(=O)Nc3cccc(C)c3)CC2)C(=O)N(c2ccc(C#N)c(C(F)(F)F)c2)C1=O. The van der Waals surface area contributed by atoms with Gasteiger partial charge < -0.3 is 10.2 Å². The molecule has 0 aliphatic carbocycles. The first kappa shape index (κ1) is 29.8. The minimum absolute atomic E-state index is 0.112. The molecular formula is C30H32F3N5O3. The summed E-state index contributed by atoms with van der Waals surface area (Å²) in [5.74, 6) is -1.27. The van der Waals surface area contributed by atoms with E-state index in [1.807, 2.05) is 31.2 Å². The molecule has 11 heteroatoms. The molecule has 8 nitrogen and oxygen atoms in total. The highest BCUT2D eigenvalue weighted by Crippen LogP contribution is 2.37. The number of halogens is 3. The van der Waals surface area contributed by atoms with Crippen LogP contribution in [-0.4, -0.2) is 60.4 Å². The van der Waals surface area contributed by atoms with Crippen LogP contribution >= 0.6 is 0 Å². The molecule has 1 saturated heterocycles. The Kier molecular flexibility index (Phi) is 9.13. The number of unbranched alkanes of at least 4 members (excludes halogenated alkanes) is 2. The van der Waals surface area contributed by atoms with Crippen LogP contribution in [0.3, 0.4) is 0 Å². The Morgan fingerprint density at radius 3 is 2.37 bits per heavy atom. The van der Waals surface area contributed by atoms with Gasteiger partial charge in [-0.05, 0) is 75.5 Å². The molecule has 2 aromatic rings. The quantitative estimate of drug-likeness (QED) is 0.336. The van der Waals surface area contributed by atoms with Crippen molar-refractivity contribution < 1.29 is 27.6 Å². The zero-order valence-corrected chi connectivity index (χ0v) is 23.1. The van der Waals surface area contributed by atoms with Crippen molar-refractivity contribution in [2.75, 3.05) is 42.9 Å². The van der Waals surface area contributed by atoms with E-state index in [9.17, 15) is 27.6 Å². The molecule has 2 heterocycles. The summed E-state index contributed by atoms with van der Waals surface area (Å²) in [4.78, 5) is 43.2. The van der Waals surface area contributed by atoms with Crippen LogP contribution in [0.1, 0.15) is 49.3 Å². The van der Waals surface area contributed by atoms with E-state index in [0.717, 1.165) is 54.7 Å². The van der Waals surface area contributed by atoms with E-state index in [-0.39, 0.29) is 17.3 Å². The number of hydrogen-bond acceptors (Lipinski definition) is 5. The van der Waals surface area contributed by atoms with Gasteiger partial charge in [-0.25, -0.2) is 9.69 Å². The molecule has 2 aromatic carbocycles. The van der Waals surface area contributed by atoms with Gasteiger partial charge in [0.05, 0.1) is 22.9 Å². The number of amides is 4. The number of carbonyl (C=O) groups excluding carboxylic acids is 3. The van der Waals surface area contributed by atoms with E-state index in [1.54, 1.807) is 4.90 Å². The summed E-state index contributed by atoms with van der Waals surface area (Å²) in [7, 11) is 0. The molecule has 2 aliphatic rings. The van der Waals surface area contributed by atoms with Crippen molar-refractivity contribution in [2.45, 2.75) is 45.7 Å². The lowest BCUT2D eigenvalue weighted by Crippen LogP contribution is -2.50. The number of alkyl halides is 3. The number of hydrogen-bond donors (Lipinski definition) is 1. The number of anilines is 2. The number of benzene rings is 2. The second-order valence-corrected chi connectivity index (χ2v) is 10.3. The number of piperazine rings is 1. The fourth-order valence-electron chi connectivity index (χ4n) is 5.13. The molecule has 41 heavy (non-hydrogen) atoms. The third-order valence-electron chi connectivity index (χ3n) is 7.45. The third-order valence-corrected chi connectivity index (χ3v) is 7.45. The highest BCUT2D eigenvalue weighted by molar-refractivity contribution is 6.32. The van der Waals surface area contributed by atoms with Crippen LogP contribution in [0.2, 0.25) is 0 Å². The Balaban J connectivity index is 1.22. The molecule has 0 aromatic heterocycles. The maximum Gasteiger partial charge on any atom is 0.417 e. The lowest BCUT2D eigenvalue weighted by Gasteiger charge is -2.34. The lowest BCUT2D eigenvalue weighted by molar-refractivity contribution is -0.138. The van der Waals surface area contributed by atoms with Gasteiger partial charge in [-0.1, -0.05) is 18.6 Å². The fraction of sp³-hybridized carbons (Fsp3) is 0.400. The first-order valence-corrected chi connectivity index (χ1v) is 13.5. The van der Waals surface area contributed by atoms with Gasteiger partial charge in [0.15, 0.2) is 0 Å². The Bertz CT molecular complexity index is 1400. The number of imide groups is 1. The van der Waals surface area contributed by atoms with Crippen LogP contribution in [0.4, 0.5) is 29.3 Å². The Morgan fingerprint density at radius 1 is 0.976 bits per heavy atom. The number of carbonyl (C=O) groups is 3. The Labute approximate surface area is 237 Å². The van der Waals surface area contributed by atoms with Gasteiger partial charge in [-0.2, -0.15) is 18.4 Å². The maximum absolute atomic E-state index is 13.4. The minimum Gasteiger partial charge on any atom is -0.322 e. The molecule has 0 saturated carbocycles. The first-order chi connectivity index (χ1) is 19.5. The van der Waals surface area contributed by atoms with E-state index in [2.05, 4.69) is 10.2 Å². The third kappa shape index (κ3) is 6.95. The van der Waals surface area contributed by atoms with Crippen molar-refractivity contribution in [1.29, 1.82) is 5.26 Å². The first-order valence-electron chi connectivity index (χ1n) is 13.5. The number of urea groups is 1. The van der Waals surface area contributed by atoms with Crippen LogP contribution < -0.4 is 10.2 Å². The summed E-state index contributed by atoms with van der Waals surface area (Å²) in [6, 6.07) is 11.9. The number of aryl methyl sites for hydroxylation is 1. The zero-order valence-electron chi connectivity index (χ0n) is 23.1. The van der Waals surface area contributed by atoms with Crippen LogP contribution in [0, 0.1) is 18.3 Å². The second kappa shape index (κ2) is 12.6. The summed E-state index contributed by atoms with van der Waals surface area (Å²) >= 11 is 0. The fourth-order valence-corrected chi connectivity index (χ4v) is 5.13. The van der Waals surface area contributed by atoms with Crippen molar-refractivity contribution >= 4 is 29.2 Å². The Morgan fingerprint density at radius 2 is 1.71 bits per heavy atom. The van der Waals surface area contributed by atoms with Crippen molar-refractivity contribution in [2.24, 2.45) is 0 Å². The summed E-state index contributed by atoms with van der Waals surface area (Å²) in [5.41, 5.74) is 0.429. The van der Waals surface area contributed by atoms with Gasteiger partial charge in [-0.3, -0.25) is 14.5 Å². The Hall–Kier alpha value is -4.17. The van der Waals surface area contributed by atoms with Crippen LogP contribution in [0.15, 0.2) is 53.6 Å². The molecular weight excluding hydrogens is 535 g/mol. The molecule has 4 rings (SSSR count). The number of nitrogens with one attached hydrogen (secondary N) is 1. The van der Waals surface area contributed by atoms with E-state index in [1.165, 1.54) is 19.1 Å². The molecule has 216 valence electrons. The van der Waals surface area contributed by atoms with Crippen molar-refractivity contribution in [3.05, 3.63) is 70.3 Å². The van der Waals surface area contributed by atoms with Crippen molar-refractivity contribution in [1.82, 2.24) is 9.80 Å². The summed E-state index contributed by atoms with van der Waals surface area (Å²) < 4.78 is 40.2. The average molecular weight is 568 g/mol. The topological polar surface area (TPSA) is 96.8 Å². The van der Waals surface area contributed by atoms with Gasteiger partial charge in [0.25, 0.3) is 11.8 Å². The number of nitrogens with zero attached hydrogens (tertiary/aromatic N) is 4. The summed E-state index contributed by atoms with van der Waals surface area (Å²) in [6.45, 7) is 7.10. The highest BCUT2D eigenvalue weighted by Gasteiger charge is 2.39. The largest absolute Gasteiger partial charge is 0.417 e. The van der Waals surface area contributed by atoms with Crippen molar-refractivity contribution in [3.63, 3.8) is 0 Å². The summed E-state index contributed by atoms with van der Waals surface area (Å²) in [6.07, 6.45) is -2.11. The lowest BCUT2D eigenvalue weighted by atomic mass is 10.0. The molecule has 1 fully saturated rings. The molecule has 0 atom stereocenters. The van der Waals surface area contributed by atoms with Crippen molar-refractivity contribution in [3.8, 4) is 6.07 Å². The number of rotatable bonds is 8. The van der Waals surface area contributed by atoms with E-state index < -0.39 is 29.1 Å². The smallest absolute Gasteiger partial charge is 0.322 e. The molecule has 0 unspecified atom stereocenters. The van der Waals surface area contributed by atoms with Crippen LogP contribution in [0.25, 0.3) is 0 Å². The van der Waals surface area contributed by atoms with E-state index >= 15 is 0 Å². The van der Waals surface area contributed by atoms with E-state index in [0.29, 0.717) is 37.6 Å². The highest BCUT2D eigenvalue weighted by atomic mass is 19.4. The van der Waals surface area contributed by atoms with Crippen LogP contribution in [0.5, 0.6) is 0 Å². The second-order valence-electron chi connectivity index (χ2n) is 10.3. The maximum atomic E-state index is 13.4. The van der Waals surface area contributed by atoms with Gasteiger partial charge in [-0.15, -0.1) is 0 Å². The predicted molar refractivity (Wildman–Crippen MR) is 148 cm³/mol. The molecule has 4 amide bonds. The molecule has 2 aliphatic heterocycles. The van der Waals surface area contributed by atoms with Crippen LogP contribution in [-0.2, 0) is 15.8 Å². The van der Waals surface area contributed by atoms with Gasteiger partial charge in [0.1, 0.15) is 0 Å². The van der Waals surface area contributed by atoms with Gasteiger partial charge in [0.2, 0.25) is 0 Å². The van der Waals surface area contributed by atoms with E-state index in [4.69, 9.17) is 5.26 Å². The number of nitriles is 1. The monoisotopic (exact) mass is 567 g/mol. The molecule has 0 spiro atoms. The minimum atomic E-state index is -4.79. The zero-order chi connectivity index (χ0) is 29.7. The molecule has 0 bridgehead atoms. The van der Waals surface area contributed by atoms with Gasteiger partial charge >= 0.3 is 12.2 Å². The standard InChI is InChI=1S/C30H32F3N5O3/c1-20-7-6-8-23(17-20)35-29(41)37-15-13-36(14-16-37)12-5-3-4-9-25-21(2)27(39)38(28(25)40)24-11-10-22(19-34)26(18-24)30(31,32)33/h6-8,10-11,17-18H,3-5,9,12-16H2,1-2H3,(H,35,41). The van der Waals surface area contributed by atoms with Gasteiger partial charge in [0, 0.05) is 43.0 Å². The molecule has 0 radical (unpaired) electrons. The normalized spacial score (nSPS) is 16.4. The predicted octanol–water partition coefficient (Wildman–Crippen LogP) is 5.49. The summed E-state index contributed by atoms with van der Waals surface area (Å²) in [5, 5.41) is 12.0.